The Kier molecular flexibility index (Phi) is 18.2. The zero-order valence-corrected chi connectivity index (χ0v) is 28.1. The zero-order chi connectivity index (χ0) is 32.7. The zero-order valence-electron chi connectivity index (χ0n) is 28.1. The van der Waals surface area contributed by atoms with Gasteiger partial charge >= 0.3 is 0 Å². The van der Waals surface area contributed by atoms with Gasteiger partial charge in [-0.2, -0.15) is 0 Å². The van der Waals surface area contributed by atoms with Gasteiger partial charge in [-0.15, -0.1) is 0 Å². The average Bonchev–Trinajstić information content (AvgIpc) is 3.48. The summed E-state index contributed by atoms with van der Waals surface area (Å²) in [6, 6.07) is 11.3. The van der Waals surface area contributed by atoms with Gasteiger partial charge in [-0.1, -0.05) is 102 Å². The lowest BCUT2D eigenvalue weighted by Gasteiger charge is -2.18. The minimum absolute atomic E-state index is 0.0425. The van der Waals surface area contributed by atoms with Crippen LogP contribution in [0.4, 0.5) is 0 Å². The third kappa shape index (κ3) is 15.1. The first-order valence-electron chi connectivity index (χ1n) is 17.8. The average molecular weight is 632 g/mol. The third-order valence-electron chi connectivity index (χ3n) is 8.63. The van der Waals surface area contributed by atoms with Gasteiger partial charge in [0, 0.05) is 61.8 Å². The summed E-state index contributed by atoms with van der Waals surface area (Å²) < 4.78 is 0. The van der Waals surface area contributed by atoms with Gasteiger partial charge in [0.2, 0.25) is 17.7 Å². The molecule has 0 aliphatic heterocycles. The monoisotopic (exact) mass is 631 g/mol. The van der Waals surface area contributed by atoms with Crippen LogP contribution >= 0.6 is 0 Å². The summed E-state index contributed by atoms with van der Waals surface area (Å²) in [5.41, 5.74) is 3.14. The largest absolute Gasteiger partial charge is 0.361 e. The quantitative estimate of drug-likeness (QED) is 0.0718. The first-order chi connectivity index (χ1) is 22.6. The summed E-state index contributed by atoms with van der Waals surface area (Å²) in [6.45, 7) is 3.39. The van der Waals surface area contributed by atoms with E-state index in [2.05, 4.69) is 38.9 Å². The molecule has 1 aromatic carbocycles. The van der Waals surface area contributed by atoms with E-state index in [9.17, 15) is 14.4 Å². The number of amides is 3. The molecule has 0 unspecified atom stereocenters. The predicted octanol–water partition coefficient (Wildman–Crippen LogP) is 7.67. The highest BCUT2D eigenvalue weighted by Crippen LogP contribution is 2.19. The van der Waals surface area contributed by atoms with Crippen LogP contribution in [0.15, 0.2) is 55.0 Å². The van der Waals surface area contributed by atoms with E-state index in [0.717, 1.165) is 73.4 Å². The molecule has 3 rings (SSSR count). The maximum absolute atomic E-state index is 13.2. The van der Waals surface area contributed by atoms with Crippen LogP contribution < -0.4 is 16.0 Å². The highest BCUT2D eigenvalue weighted by atomic mass is 16.2. The normalized spacial score (nSPS) is 11.8. The van der Waals surface area contributed by atoms with Crippen molar-refractivity contribution >= 4 is 28.6 Å². The number of H-pyrrole nitrogens is 1. The van der Waals surface area contributed by atoms with Gasteiger partial charge in [-0.05, 0) is 48.6 Å². The number of carbonyl (C=O) groups excluding carboxylic acids is 3. The van der Waals surface area contributed by atoms with Gasteiger partial charge in [0.15, 0.2) is 0 Å². The molecule has 0 aliphatic carbocycles. The second kappa shape index (κ2) is 22.8. The molecule has 252 valence electrons. The predicted molar refractivity (Wildman–Crippen MR) is 187 cm³/mol. The first-order valence-corrected chi connectivity index (χ1v) is 17.8. The molecule has 2 aromatic heterocycles. The minimum Gasteiger partial charge on any atom is -0.361 e. The van der Waals surface area contributed by atoms with Crippen LogP contribution in [0.3, 0.4) is 0 Å². The number of para-hydroxylation sites is 1. The Bertz CT molecular complexity index is 1280. The highest BCUT2D eigenvalue weighted by molar-refractivity contribution is 5.89. The lowest BCUT2D eigenvalue weighted by atomic mass is 10.0. The Balaban J connectivity index is 1.28. The number of aromatic amines is 1. The number of unbranched alkanes of at least 4 members (excludes halogenated alkanes) is 13. The lowest BCUT2D eigenvalue weighted by Crippen LogP contribution is -2.48. The molecule has 2 heterocycles. The summed E-state index contributed by atoms with van der Waals surface area (Å²) in [5.74, 6) is -0.0441. The minimum atomic E-state index is -0.589. The van der Waals surface area contributed by atoms with E-state index >= 15 is 0 Å². The molecule has 0 saturated carbocycles. The van der Waals surface area contributed by atoms with Crippen molar-refractivity contribution in [1.29, 1.82) is 0 Å². The van der Waals surface area contributed by atoms with Crippen molar-refractivity contribution in [2.45, 2.75) is 135 Å². The van der Waals surface area contributed by atoms with Gasteiger partial charge in [-0.3, -0.25) is 19.4 Å². The Morgan fingerprint density at radius 2 is 1.33 bits per heavy atom. The number of fused-ring (bicyclic) bond motifs is 1. The first kappa shape index (κ1) is 36.8. The van der Waals surface area contributed by atoms with Gasteiger partial charge < -0.3 is 20.9 Å². The smallest absolute Gasteiger partial charge is 0.242 e. The fourth-order valence-corrected chi connectivity index (χ4v) is 5.83. The van der Waals surface area contributed by atoms with E-state index in [1.807, 2.05) is 36.5 Å². The van der Waals surface area contributed by atoms with Gasteiger partial charge in [0.25, 0.3) is 0 Å². The van der Waals surface area contributed by atoms with Crippen molar-refractivity contribution < 1.29 is 14.4 Å². The molecule has 0 saturated heterocycles. The number of rotatable bonds is 25. The standard InChI is InChI=1S/C38H57N5O3/c1-2-3-4-5-8-12-15-22-37(45)43-35(28-32-30-41-34-20-17-16-19-33(32)34)38(46)40-25-18-13-10-7-6-9-11-14-21-36(44)42-29-31-23-26-39-27-24-31/h16-17,19-20,23-24,26-27,30,35,41H,2-15,18,21-22,25,28-29H2,1H3,(H,40,46)(H,42,44)(H,43,45)/t35-/m0/s1. The Labute approximate surface area is 276 Å². The van der Waals surface area contributed by atoms with Crippen molar-refractivity contribution in [3.05, 3.63) is 66.1 Å². The molecule has 4 N–H and O–H groups in total. The van der Waals surface area contributed by atoms with Crippen molar-refractivity contribution in [3.63, 3.8) is 0 Å². The molecule has 0 spiro atoms. The van der Waals surface area contributed by atoms with Gasteiger partial charge in [-0.25, -0.2) is 0 Å². The topological polar surface area (TPSA) is 116 Å². The molecule has 0 aliphatic rings. The number of hydrogen-bond acceptors (Lipinski definition) is 4. The highest BCUT2D eigenvalue weighted by Gasteiger charge is 2.22. The maximum Gasteiger partial charge on any atom is 0.242 e. The van der Waals surface area contributed by atoms with Crippen LogP contribution in [0, 0.1) is 0 Å². The van der Waals surface area contributed by atoms with Gasteiger partial charge in [0.1, 0.15) is 6.04 Å². The number of hydrogen-bond donors (Lipinski definition) is 4. The van der Waals surface area contributed by atoms with Crippen molar-refractivity contribution in [3.8, 4) is 0 Å². The summed E-state index contributed by atoms with van der Waals surface area (Å²) in [5, 5.41) is 10.2. The summed E-state index contributed by atoms with van der Waals surface area (Å²) in [7, 11) is 0. The van der Waals surface area contributed by atoms with Crippen LogP contribution in [0.1, 0.15) is 127 Å². The SMILES string of the molecule is CCCCCCCCCC(=O)N[C@@H](Cc1c[nH]c2ccccc12)C(=O)NCCCCCCCCCCC(=O)NCc1ccncc1. The molecule has 3 amide bonds. The molecule has 0 fully saturated rings. The number of carbonyl (C=O) groups is 3. The number of benzene rings is 1. The van der Waals surface area contributed by atoms with Crippen molar-refractivity contribution in [2.75, 3.05) is 6.54 Å². The van der Waals surface area contributed by atoms with Crippen molar-refractivity contribution in [2.24, 2.45) is 0 Å². The summed E-state index contributed by atoms with van der Waals surface area (Å²) >= 11 is 0. The molecule has 0 bridgehead atoms. The maximum atomic E-state index is 13.2. The fourth-order valence-electron chi connectivity index (χ4n) is 5.83. The second-order valence-corrected chi connectivity index (χ2v) is 12.6. The van der Waals surface area contributed by atoms with E-state index in [1.165, 1.54) is 44.9 Å². The Morgan fingerprint density at radius 3 is 2.02 bits per heavy atom. The van der Waals surface area contributed by atoms with E-state index < -0.39 is 6.04 Å². The molecule has 3 aromatic rings. The number of nitrogens with zero attached hydrogens (tertiary/aromatic N) is 1. The van der Waals surface area contributed by atoms with E-state index in [1.54, 1.807) is 12.4 Å². The second-order valence-electron chi connectivity index (χ2n) is 12.6. The Morgan fingerprint density at radius 1 is 0.717 bits per heavy atom. The molecule has 0 radical (unpaired) electrons. The molecule has 8 heteroatoms. The van der Waals surface area contributed by atoms with E-state index in [0.29, 0.717) is 32.4 Å². The molecule has 46 heavy (non-hydrogen) atoms. The molecule has 8 nitrogen and oxygen atoms in total. The molecular weight excluding hydrogens is 574 g/mol. The molecule has 1 atom stereocenters. The summed E-state index contributed by atoms with van der Waals surface area (Å²) in [6.07, 6.45) is 23.6. The number of pyridine rings is 1. The van der Waals surface area contributed by atoms with Crippen LogP contribution in [-0.4, -0.2) is 40.3 Å². The van der Waals surface area contributed by atoms with Crippen molar-refractivity contribution in [1.82, 2.24) is 25.9 Å². The molecular formula is C38H57N5O3. The number of nitrogens with one attached hydrogen (secondary N) is 4. The Hall–Kier alpha value is -3.68. The van der Waals surface area contributed by atoms with Crippen LogP contribution in [0.2, 0.25) is 0 Å². The third-order valence-corrected chi connectivity index (χ3v) is 8.63. The van der Waals surface area contributed by atoms with Crippen LogP contribution in [-0.2, 0) is 27.3 Å². The fraction of sp³-hybridized carbons (Fsp3) is 0.579. The van der Waals surface area contributed by atoms with Crippen LogP contribution in [0.25, 0.3) is 10.9 Å². The number of aromatic nitrogens is 2. The summed E-state index contributed by atoms with van der Waals surface area (Å²) in [4.78, 5) is 45.4. The van der Waals surface area contributed by atoms with Gasteiger partial charge in [0.05, 0.1) is 0 Å². The van der Waals surface area contributed by atoms with E-state index in [-0.39, 0.29) is 17.7 Å². The van der Waals surface area contributed by atoms with Crippen LogP contribution in [0.5, 0.6) is 0 Å². The van der Waals surface area contributed by atoms with E-state index in [4.69, 9.17) is 0 Å². The lowest BCUT2D eigenvalue weighted by molar-refractivity contribution is -0.129.